The first-order valence-electron chi connectivity index (χ1n) is 10.1. The number of likely N-dealkylation sites (tertiary alicyclic amines) is 1. The largest absolute Gasteiger partial charge is 0.466 e. The van der Waals surface area contributed by atoms with Crippen molar-refractivity contribution >= 4 is 27.6 Å². The predicted molar refractivity (Wildman–Crippen MR) is 113 cm³/mol. The Balaban J connectivity index is 2.23. The van der Waals surface area contributed by atoms with Gasteiger partial charge in [-0.3, -0.25) is 13.9 Å². The highest BCUT2D eigenvalue weighted by atomic mass is 32.2. The Kier molecular flexibility index (Phi) is 7.68. The highest BCUT2D eigenvalue weighted by Gasteiger charge is 2.36. The van der Waals surface area contributed by atoms with Crippen LogP contribution >= 0.6 is 0 Å². The Bertz CT molecular complexity index is 845. The molecule has 1 aromatic rings. The summed E-state index contributed by atoms with van der Waals surface area (Å²) in [4.78, 5) is 26.9. The van der Waals surface area contributed by atoms with Gasteiger partial charge in [0.25, 0.3) is 0 Å². The van der Waals surface area contributed by atoms with Crippen LogP contribution in [0, 0.1) is 19.8 Å². The molecule has 8 heteroatoms. The molecule has 1 saturated heterocycles. The molecule has 7 nitrogen and oxygen atoms in total. The van der Waals surface area contributed by atoms with Crippen LogP contribution in [0.15, 0.2) is 18.2 Å². The SMILES string of the molecule is CCOC(=O)C1CCN(C(=O)[C@@H](CC)N(c2ccc(C)c(C)c2)S(C)(=O)=O)CC1. The summed E-state index contributed by atoms with van der Waals surface area (Å²) in [6.07, 6.45) is 2.55. The van der Waals surface area contributed by atoms with Gasteiger partial charge in [-0.25, -0.2) is 8.42 Å². The fourth-order valence-corrected chi connectivity index (χ4v) is 4.91. The summed E-state index contributed by atoms with van der Waals surface area (Å²) in [7, 11) is -3.66. The second kappa shape index (κ2) is 9.61. The van der Waals surface area contributed by atoms with Gasteiger partial charge >= 0.3 is 5.97 Å². The van der Waals surface area contributed by atoms with Gasteiger partial charge in [0, 0.05) is 13.1 Å². The average molecular weight is 425 g/mol. The van der Waals surface area contributed by atoms with Gasteiger partial charge < -0.3 is 9.64 Å². The molecule has 1 heterocycles. The number of esters is 1. The smallest absolute Gasteiger partial charge is 0.309 e. The summed E-state index contributed by atoms with van der Waals surface area (Å²) in [5.41, 5.74) is 2.52. The fourth-order valence-electron chi connectivity index (χ4n) is 3.71. The Hall–Kier alpha value is -2.09. The third-order valence-electron chi connectivity index (χ3n) is 5.48. The van der Waals surface area contributed by atoms with E-state index in [9.17, 15) is 18.0 Å². The lowest BCUT2D eigenvalue weighted by atomic mass is 9.96. The number of benzene rings is 1. The fraction of sp³-hybridized carbons (Fsp3) is 0.619. The summed E-state index contributed by atoms with van der Waals surface area (Å²) < 4.78 is 31.6. The second-order valence-electron chi connectivity index (χ2n) is 7.60. The number of ether oxygens (including phenoxy) is 1. The van der Waals surface area contributed by atoms with Crippen molar-refractivity contribution in [2.75, 3.05) is 30.3 Å². The molecule has 0 spiro atoms. The third kappa shape index (κ3) is 5.50. The molecule has 0 unspecified atom stereocenters. The molecule has 162 valence electrons. The first-order valence-corrected chi connectivity index (χ1v) is 12.0. The van der Waals surface area contributed by atoms with Crippen LogP contribution < -0.4 is 4.31 Å². The summed E-state index contributed by atoms with van der Waals surface area (Å²) in [5, 5.41) is 0. The zero-order chi connectivity index (χ0) is 21.8. The number of nitrogens with zero attached hydrogens (tertiary/aromatic N) is 2. The van der Waals surface area contributed by atoms with Crippen LogP contribution in [0.3, 0.4) is 0 Å². The number of hydrogen-bond donors (Lipinski definition) is 0. The first-order chi connectivity index (χ1) is 13.6. The van der Waals surface area contributed by atoms with Gasteiger partial charge in [-0.1, -0.05) is 13.0 Å². The summed E-state index contributed by atoms with van der Waals surface area (Å²) in [6, 6.07) is 4.60. The van der Waals surface area contributed by atoms with E-state index in [2.05, 4.69) is 0 Å². The molecule has 1 aliphatic rings. The lowest BCUT2D eigenvalue weighted by Crippen LogP contribution is -2.52. The molecule has 0 aromatic heterocycles. The lowest BCUT2D eigenvalue weighted by Gasteiger charge is -2.37. The maximum absolute atomic E-state index is 13.2. The van der Waals surface area contributed by atoms with E-state index >= 15 is 0 Å². The Labute approximate surface area is 174 Å². The van der Waals surface area contributed by atoms with Crippen molar-refractivity contribution in [1.82, 2.24) is 4.90 Å². The average Bonchev–Trinajstić information content (AvgIpc) is 2.67. The molecule has 0 bridgehead atoms. The second-order valence-corrected chi connectivity index (χ2v) is 9.46. The normalized spacial score (nSPS) is 16.4. The van der Waals surface area contributed by atoms with E-state index in [0.29, 0.717) is 44.6 Å². The predicted octanol–water partition coefficient (Wildman–Crippen LogP) is 2.65. The Morgan fingerprint density at radius 2 is 1.79 bits per heavy atom. The molecular formula is C21H32N2O5S. The van der Waals surface area contributed by atoms with Crippen molar-refractivity contribution in [3.63, 3.8) is 0 Å². The molecule has 1 aliphatic heterocycles. The van der Waals surface area contributed by atoms with E-state index < -0.39 is 16.1 Å². The van der Waals surface area contributed by atoms with E-state index in [4.69, 9.17) is 4.74 Å². The molecule has 0 N–H and O–H groups in total. The number of rotatable bonds is 7. The molecule has 1 fully saturated rings. The topological polar surface area (TPSA) is 84.0 Å². The molecule has 1 atom stereocenters. The number of amides is 1. The van der Waals surface area contributed by atoms with E-state index in [1.165, 1.54) is 4.31 Å². The molecule has 0 saturated carbocycles. The Morgan fingerprint density at radius 1 is 1.17 bits per heavy atom. The summed E-state index contributed by atoms with van der Waals surface area (Å²) in [5.74, 6) is -0.650. The number of sulfonamides is 1. The maximum atomic E-state index is 13.2. The van der Waals surface area contributed by atoms with Crippen molar-refractivity contribution in [2.24, 2.45) is 5.92 Å². The van der Waals surface area contributed by atoms with Gasteiger partial charge in [0.2, 0.25) is 15.9 Å². The molecule has 1 aromatic carbocycles. The quantitative estimate of drug-likeness (QED) is 0.629. The van der Waals surface area contributed by atoms with Crippen molar-refractivity contribution in [1.29, 1.82) is 0 Å². The minimum Gasteiger partial charge on any atom is -0.466 e. The van der Waals surface area contributed by atoms with Gasteiger partial charge in [-0.2, -0.15) is 0 Å². The third-order valence-corrected chi connectivity index (χ3v) is 6.66. The molecule has 1 amide bonds. The summed E-state index contributed by atoms with van der Waals surface area (Å²) >= 11 is 0. The van der Waals surface area contributed by atoms with Crippen molar-refractivity contribution in [2.45, 2.75) is 53.0 Å². The monoisotopic (exact) mass is 424 g/mol. The highest BCUT2D eigenvalue weighted by Crippen LogP contribution is 2.27. The summed E-state index contributed by atoms with van der Waals surface area (Å²) in [6.45, 7) is 8.65. The number of aryl methyl sites for hydroxylation is 2. The van der Waals surface area contributed by atoms with Crippen LogP contribution in [0.25, 0.3) is 0 Å². The number of hydrogen-bond acceptors (Lipinski definition) is 5. The maximum Gasteiger partial charge on any atom is 0.309 e. The van der Waals surface area contributed by atoms with Gasteiger partial charge in [0.05, 0.1) is 24.5 Å². The molecule has 2 rings (SSSR count). The van der Waals surface area contributed by atoms with Gasteiger partial charge in [-0.05, 0) is 63.3 Å². The molecule has 0 radical (unpaired) electrons. The number of carbonyl (C=O) groups is 2. The van der Waals surface area contributed by atoms with Crippen LogP contribution in [-0.2, 0) is 24.3 Å². The number of piperidine rings is 1. The van der Waals surface area contributed by atoms with Crippen LogP contribution in [0.5, 0.6) is 0 Å². The van der Waals surface area contributed by atoms with Crippen molar-refractivity contribution < 1.29 is 22.7 Å². The van der Waals surface area contributed by atoms with E-state index in [1.807, 2.05) is 26.8 Å². The first kappa shape index (κ1) is 23.2. The van der Waals surface area contributed by atoms with Gasteiger partial charge in [-0.15, -0.1) is 0 Å². The minimum absolute atomic E-state index is 0.204. The number of carbonyl (C=O) groups excluding carboxylic acids is 2. The lowest BCUT2D eigenvalue weighted by molar-refractivity contribution is -0.151. The van der Waals surface area contributed by atoms with E-state index in [1.54, 1.807) is 24.0 Å². The minimum atomic E-state index is -3.66. The van der Waals surface area contributed by atoms with Crippen LogP contribution in [0.2, 0.25) is 0 Å². The zero-order valence-electron chi connectivity index (χ0n) is 18.0. The van der Waals surface area contributed by atoms with Gasteiger partial charge in [0.15, 0.2) is 0 Å². The standard InChI is InChI=1S/C21H32N2O5S/c1-6-19(20(24)22-12-10-17(11-13-22)21(25)28-7-2)23(29(5,26)27)18-9-8-15(3)16(4)14-18/h8-9,14,17,19H,6-7,10-13H2,1-5H3/t19-/m1/s1. The van der Waals surface area contributed by atoms with Crippen LogP contribution in [0.1, 0.15) is 44.2 Å². The van der Waals surface area contributed by atoms with Gasteiger partial charge in [0.1, 0.15) is 6.04 Å². The molecule has 0 aliphatic carbocycles. The number of anilines is 1. The van der Waals surface area contributed by atoms with Crippen LogP contribution in [-0.4, -0.2) is 57.2 Å². The highest BCUT2D eigenvalue weighted by molar-refractivity contribution is 7.92. The van der Waals surface area contributed by atoms with E-state index in [0.717, 1.165) is 17.4 Å². The van der Waals surface area contributed by atoms with Crippen LogP contribution in [0.4, 0.5) is 5.69 Å². The molecular weight excluding hydrogens is 392 g/mol. The van der Waals surface area contributed by atoms with Crippen molar-refractivity contribution in [3.05, 3.63) is 29.3 Å². The molecule has 29 heavy (non-hydrogen) atoms. The van der Waals surface area contributed by atoms with E-state index in [-0.39, 0.29) is 17.8 Å². The Morgan fingerprint density at radius 3 is 2.28 bits per heavy atom. The van der Waals surface area contributed by atoms with Crippen molar-refractivity contribution in [3.8, 4) is 0 Å². The zero-order valence-corrected chi connectivity index (χ0v) is 18.8.